The molecular weight excluding hydrogens is 258 g/mol. The highest BCUT2D eigenvalue weighted by Gasteiger charge is 2.13. The molecule has 2 N–H and O–H groups in total. The van der Waals surface area contributed by atoms with Crippen molar-refractivity contribution in [1.82, 2.24) is 5.32 Å². The second-order valence-electron chi connectivity index (χ2n) is 4.56. The third-order valence-electron chi connectivity index (χ3n) is 3.08. The van der Waals surface area contributed by atoms with Gasteiger partial charge in [-0.3, -0.25) is 4.79 Å². The van der Waals surface area contributed by atoms with E-state index in [0.29, 0.717) is 12.3 Å². The van der Waals surface area contributed by atoms with Crippen LogP contribution in [0.3, 0.4) is 0 Å². The van der Waals surface area contributed by atoms with Crippen LogP contribution in [0.15, 0.2) is 24.3 Å². The lowest BCUT2D eigenvalue weighted by Gasteiger charge is -2.13. The van der Waals surface area contributed by atoms with Crippen LogP contribution in [-0.2, 0) is 16.1 Å². The Balaban J connectivity index is 2.53. The molecule has 0 saturated carbocycles. The fourth-order valence-corrected chi connectivity index (χ4v) is 1.88. The number of benzene rings is 1. The molecule has 0 saturated heterocycles. The van der Waals surface area contributed by atoms with Gasteiger partial charge in [0.15, 0.2) is 6.61 Å². The summed E-state index contributed by atoms with van der Waals surface area (Å²) in [6, 6.07) is 7.06. The van der Waals surface area contributed by atoms with E-state index in [9.17, 15) is 9.59 Å². The van der Waals surface area contributed by atoms with Crippen LogP contribution < -0.4 is 10.1 Å². The Labute approximate surface area is 118 Å². The molecule has 20 heavy (non-hydrogen) atoms. The molecule has 0 aliphatic carbocycles. The van der Waals surface area contributed by atoms with E-state index < -0.39 is 5.97 Å². The molecular formula is C15H21NO4. The SMILES string of the molecule is CCC(CC)C(=O)NCc1cccc(OCC(=O)O)c1. The standard InChI is InChI=1S/C15H21NO4/c1-3-12(4-2)15(19)16-9-11-6-5-7-13(8-11)20-10-14(17)18/h5-8,12H,3-4,9-10H2,1-2H3,(H,16,19)(H,17,18). The molecule has 0 heterocycles. The highest BCUT2D eigenvalue weighted by Crippen LogP contribution is 2.14. The van der Waals surface area contributed by atoms with E-state index in [1.54, 1.807) is 18.2 Å². The number of carboxylic acid groups (broad SMARTS) is 1. The smallest absolute Gasteiger partial charge is 0.341 e. The predicted molar refractivity (Wildman–Crippen MR) is 75.5 cm³/mol. The number of carbonyl (C=O) groups excluding carboxylic acids is 1. The number of ether oxygens (including phenoxy) is 1. The summed E-state index contributed by atoms with van der Waals surface area (Å²) in [5, 5.41) is 11.4. The number of hydrogen-bond acceptors (Lipinski definition) is 3. The molecule has 0 spiro atoms. The van der Waals surface area contributed by atoms with Gasteiger partial charge in [0, 0.05) is 12.5 Å². The topological polar surface area (TPSA) is 75.6 Å². The van der Waals surface area contributed by atoms with Crippen molar-refractivity contribution in [3.05, 3.63) is 29.8 Å². The van der Waals surface area contributed by atoms with E-state index >= 15 is 0 Å². The third kappa shape index (κ3) is 5.30. The molecule has 0 aromatic heterocycles. The Morgan fingerprint density at radius 1 is 1.30 bits per heavy atom. The zero-order valence-electron chi connectivity index (χ0n) is 11.9. The molecule has 0 aliphatic heterocycles. The molecule has 1 amide bonds. The first-order valence-corrected chi connectivity index (χ1v) is 6.78. The van der Waals surface area contributed by atoms with Gasteiger partial charge in [-0.2, -0.15) is 0 Å². The van der Waals surface area contributed by atoms with Crippen LogP contribution in [0.2, 0.25) is 0 Å². The lowest BCUT2D eigenvalue weighted by molar-refractivity contribution is -0.139. The molecule has 1 rings (SSSR count). The number of hydrogen-bond donors (Lipinski definition) is 2. The first-order chi connectivity index (χ1) is 9.56. The Bertz CT molecular complexity index is 455. The lowest BCUT2D eigenvalue weighted by Crippen LogP contribution is -2.29. The zero-order chi connectivity index (χ0) is 15.0. The quantitative estimate of drug-likeness (QED) is 0.765. The van der Waals surface area contributed by atoms with Crippen LogP contribution in [0, 0.1) is 5.92 Å². The zero-order valence-corrected chi connectivity index (χ0v) is 11.9. The van der Waals surface area contributed by atoms with Crippen molar-refractivity contribution in [3.63, 3.8) is 0 Å². The molecule has 5 nitrogen and oxygen atoms in total. The Morgan fingerprint density at radius 3 is 2.60 bits per heavy atom. The number of aliphatic carboxylic acids is 1. The van der Waals surface area contributed by atoms with Crippen LogP contribution in [-0.4, -0.2) is 23.6 Å². The molecule has 0 aliphatic rings. The highest BCUT2D eigenvalue weighted by atomic mass is 16.5. The molecule has 0 atom stereocenters. The van der Waals surface area contributed by atoms with Crippen molar-refractivity contribution < 1.29 is 19.4 Å². The number of rotatable bonds is 8. The maximum absolute atomic E-state index is 11.9. The maximum atomic E-state index is 11.9. The minimum absolute atomic E-state index is 0.0430. The van der Waals surface area contributed by atoms with E-state index in [2.05, 4.69) is 5.32 Å². The van der Waals surface area contributed by atoms with Gasteiger partial charge in [0.25, 0.3) is 0 Å². The van der Waals surface area contributed by atoms with Crippen LogP contribution >= 0.6 is 0 Å². The van der Waals surface area contributed by atoms with Gasteiger partial charge in [-0.25, -0.2) is 4.79 Å². The first kappa shape index (κ1) is 16.0. The summed E-state index contributed by atoms with van der Waals surface area (Å²) >= 11 is 0. The van der Waals surface area contributed by atoms with Gasteiger partial charge in [-0.05, 0) is 30.5 Å². The van der Waals surface area contributed by atoms with E-state index in [1.165, 1.54) is 0 Å². The Kier molecular flexibility index (Phi) is 6.56. The summed E-state index contributed by atoms with van der Waals surface area (Å²) in [7, 11) is 0. The van der Waals surface area contributed by atoms with Crippen LogP contribution in [0.25, 0.3) is 0 Å². The number of carbonyl (C=O) groups is 2. The van der Waals surface area contributed by atoms with E-state index in [4.69, 9.17) is 9.84 Å². The fourth-order valence-electron chi connectivity index (χ4n) is 1.88. The average Bonchev–Trinajstić information content (AvgIpc) is 2.44. The molecule has 0 unspecified atom stereocenters. The summed E-state index contributed by atoms with van der Waals surface area (Å²) in [6.45, 7) is 4.03. The Morgan fingerprint density at radius 2 is 2.00 bits per heavy atom. The first-order valence-electron chi connectivity index (χ1n) is 6.78. The van der Waals surface area contributed by atoms with Gasteiger partial charge >= 0.3 is 5.97 Å². The van der Waals surface area contributed by atoms with E-state index in [0.717, 1.165) is 18.4 Å². The summed E-state index contributed by atoms with van der Waals surface area (Å²) in [5.74, 6) is -0.438. The van der Waals surface area contributed by atoms with Crippen molar-refractivity contribution in [1.29, 1.82) is 0 Å². The lowest BCUT2D eigenvalue weighted by atomic mass is 10.0. The largest absolute Gasteiger partial charge is 0.482 e. The van der Waals surface area contributed by atoms with Crippen LogP contribution in [0.5, 0.6) is 5.75 Å². The monoisotopic (exact) mass is 279 g/mol. The maximum Gasteiger partial charge on any atom is 0.341 e. The normalized spacial score (nSPS) is 10.3. The minimum atomic E-state index is -1.02. The molecule has 0 radical (unpaired) electrons. The van der Waals surface area contributed by atoms with Gasteiger partial charge in [-0.15, -0.1) is 0 Å². The van der Waals surface area contributed by atoms with Gasteiger partial charge in [-0.1, -0.05) is 26.0 Å². The minimum Gasteiger partial charge on any atom is -0.482 e. The fraction of sp³-hybridized carbons (Fsp3) is 0.467. The van der Waals surface area contributed by atoms with Crippen molar-refractivity contribution in [3.8, 4) is 5.75 Å². The second-order valence-corrected chi connectivity index (χ2v) is 4.56. The molecule has 110 valence electrons. The average molecular weight is 279 g/mol. The van der Waals surface area contributed by atoms with Gasteiger partial charge in [0.2, 0.25) is 5.91 Å². The third-order valence-corrected chi connectivity index (χ3v) is 3.08. The number of carboxylic acids is 1. The second kappa shape index (κ2) is 8.19. The van der Waals surface area contributed by atoms with Crippen molar-refractivity contribution in [2.75, 3.05) is 6.61 Å². The summed E-state index contributed by atoms with van der Waals surface area (Å²) in [5.41, 5.74) is 0.882. The molecule has 0 fully saturated rings. The van der Waals surface area contributed by atoms with Gasteiger partial charge < -0.3 is 15.2 Å². The number of nitrogens with one attached hydrogen (secondary N) is 1. The predicted octanol–water partition coefficient (Wildman–Crippen LogP) is 2.20. The van der Waals surface area contributed by atoms with Gasteiger partial charge in [0.1, 0.15) is 5.75 Å². The van der Waals surface area contributed by atoms with Crippen LogP contribution in [0.1, 0.15) is 32.3 Å². The van der Waals surface area contributed by atoms with Crippen molar-refractivity contribution in [2.45, 2.75) is 33.2 Å². The van der Waals surface area contributed by atoms with E-state index in [-0.39, 0.29) is 18.4 Å². The summed E-state index contributed by atoms with van der Waals surface area (Å²) in [6.07, 6.45) is 1.65. The highest BCUT2D eigenvalue weighted by molar-refractivity contribution is 5.78. The molecule has 1 aromatic carbocycles. The van der Waals surface area contributed by atoms with Crippen molar-refractivity contribution in [2.24, 2.45) is 5.92 Å². The molecule has 5 heteroatoms. The Hall–Kier alpha value is -2.04. The number of amides is 1. The van der Waals surface area contributed by atoms with Gasteiger partial charge in [0.05, 0.1) is 0 Å². The van der Waals surface area contributed by atoms with Crippen molar-refractivity contribution >= 4 is 11.9 Å². The molecule has 1 aromatic rings. The molecule has 0 bridgehead atoms. The van der Waals surface area contributed by atoms with Crippen LogP contribution in [0.4, 0.5) is 0 Å². The summed E-state index contributed by atoms with van der Waals surface area (Å²) < 4.78 is 5.09. The van der Waals surface area contributed by atoms with E-state index in [1.807, 2.05) is 19.9 Å². The summed E-state index contributed by atoms with van der Waals surface area (Å²) in [4.78, 5) is 22.3.